The number of pyridine rings is 1. The molecule has 2 aromatic carbocycles. The summed E-state index contributed by atoms with van der Waals surface area (Å²) in [4.78, 5) is 4.16. The zero-order chi connectivity index (χ0) is 19.3. The Hall–Kier alpha value is -3.31. The van der Waals surface area contributed by atoms with Gasteiger partial charge in [0.05, 0.1) is 12.8 Å². The number of hydrogen-bond donors (Lipinski definition) is 2. The SMILES string of the molecule is COc1ccc(C[C@H](N)CNc2ccn(-c3ccc4cnccc4c3)c2)cc1. The van der Waals surface area contributed by atoms with Crippen LogP contribution in [0.5, 0.6) is 5.75 Å². The summed E-state index contributed by atoms with van der Waals surface area (Å²) in [7, 11) is 1.67. The van der Waals surface area contributed by atoms with Gasteiger partial charge in [0.25, 0.3) is 0 Å². The molecule has 142 valence electrons. The number of methoxy groups -OCH3 is 1. The highest BCUT2D eigenvalue weighted by Crippen LogP contribution is 2.20. The van der Waals surface area contributed by atoms with Crippen LogP contribution < -0.4 is 15.8 Å². The highest BCUT2D eigenvalue weighted by molar-refractivity contribution is 5.83. The molecule has 0 aliphatic carbocycles. The molecule has 0 aliphatic heterocycles. The third kappa shape index (κ3) is 4.15. The summed E-state index contributed by atoms with van der Waals surface area (Å²) in [5.41, 5.74) is 9.68. The Bertz CT molecular complexity index is 1060. The number of benzene rings is 2. The fourth-order valence-electron chi connectivity index (χ4n) is 3.28. The van der Waals surface area contributed by atoms with E-state index in [4.69, 9.17) is 10.5 Å². The average Bonchev–Trinajstić information content (AvgIpc) is 3.21. The minimum absolute atomic E-state index is 0.0323. The lowest BCUT2D eigenvalue weighted by Gasteiger charge is -2.13. The maximum absolute atomic E-state index is 6.30. The molecule has 5 nitrogen and oxygen atoms in total. The summed E-state index contributed by atoms with van der Waals surface area (Å²) in [6, 6.07) is 18.5. The lowest BCUT2D eigenvalue weighted by atomic mass is 10.1. The lowest BCUT2D eigenvalue weighted by molar-refractivity contribution is 0.414. The number of ether oxygens (including phenoxy) is 1. The Morgan fingerprint density at radius 3 is 2.75 bits per heavy atom. The van der Waals surface area contributed by atoms with Crippen molar-refractivity contribution >= 4 is 16.5 Å². The van der Waals surface area contributed by atoms with E-state index in [0.717, 1.165) is 28.9 Å². The first-order valence-electron chi connectivity index (χ1n) is 9.36. The molecule has 0 unspecified atom stereocenters. The molecule has 2 heterocycles. The van der Waals surface area contributed by atoms with Crippen LogP contribution in [0.1, 0.15) is 5.56 Å². The molecule has 1 atom stereocenters. The molecule has 5 heteroatoms. The number of nitrogens with one attached hydrogen (secondary N) is 1. The summed E-state index contributed by atoms with van der Waals surface area (Å²) in [6.45, 7) is 0.708. The highest BCUT2D eigenvalue weighted by Gasteiger charge is 2.06. The zero-order valence-corrected chi connectivity index (χ0v) is 15.9. The molecule has 4 rings (SSSR count). The van der Waals surface area contributed by atoms with Gasteiger partial charge < -0.3 is 20.4 Å². The van der Waals surface area contributed by atoms with Gasteiger partial charge in [-0.05, 0) is 53.8 Å². The number of nitrogens with zero attached hydrogens (tertiary/aromatic N) is 2. The standard InChI is InChI=1S/C23H24N4O/c1-28-23-6-2-17(3-7-23)12-20(24)15-26-21-9-11-27(16-21)22-5-4-19-14-25-10-8-18(19)13-22/h2-11,13-14,16,20,26H,12,15,24H2,1H3/t20-/m0/s1. The second kappa shape index (κ2) is 8.15. The van der Waals surface area contributed by atoms with Crippen LogP contribution in [0.15, 0.2) is 79.4 Å². The minimum atomic E-state index is 0.0323. The smallest absolute Gasteiger partial charge is 0.118 e. The Balaban J connectivity index is 1.37. The van der Waals surface area contributed by atoms with Crippen LogP contribution in [0.2, 0.25) is 0 Å². The van der Waals surface area contributed by atoms with Crippen molar-refractivity contribution in [3.8, 4) is 11.4 Å². The molecule has 3 N–H and O–H groups in total. The third-order valence-corrected chi connectivity index (χ3v) is 4.84. The Morgan fingerprint density at radius 2 is 1.93 bits per heavy atom. The van der Waals surface area contributed by atoms with Crippen molar-refractivity contribution < 1.29 is 4.74 Å². The van der Waals surface area contributed by atoms with E-state index >= 15 is 0 Å². The summed E-state index contributed by atoms with van der Waals surface area (Å²) in [6.07, 6.45) is 8.66. The van der Waals surface area contributed by atoms with Gasteiger partial charge in [-0.1, -0.05) is 18.2 Å². The summed E-state index contributed by atoms with van der Waals surface area (Å²) < 4.78 is 7.30. The fraction of sp³-hybridized carbons (Fsp3) is 0.174. The highest BCUT2D eigenvalue weighted by atomic mass is 16.5. The quantitative estimate of drug-likeness (QED) is 0.514. The average molecular weight is 372 g/mol. The number of aromatic nitrogens is 2. The normalized spacial score (nSPS) is 12.1. The molecule has 0 aliphatic rings. The number of rotatable bonds is 7. The van der Waals surface area contributed by atoms with Crippen molar-refractivity contribution in [1.82, 2.24) is 9.55 Å². The van der Waals surface area contributed by atoms with Crippen LogP contribution in [-0.2, 0) is 6.42 Å². The Morgan fingerprint density at radius 1 is 1.07 bits per heavy atom. The van der Waals surface area contributed by atoms with E-state index < -0.39 is 0 Å². The summed E-state index contributed by atoms with van der Waals surface area (Å²) >= 11 is 0. The molecular formula is C23H24N4O. The monoisotopic (exact) mass is 372 g/mol. The lowest BCUT2D eigenvalue weighted by Crippen LogP contribution is -2.31. The summed E-state index contributed by atoms with van der Waals surface area (Å²) in [5, 5.41) is 5.75. The van der Waals surface area contributed by atoms with E-state index in [1.807, 2.05) is 30.6 Å². The number of hydrogen-bond acceptors (Lipinski definition) is 4. The maximum atomic E-state index is 6.30. The first-order chi connectivity index (χ1) is 13.7. The van der Waals surface area contributed by atoms with E-state index in [9.17, 15) is 0 Å². The largest absolute Gasteiger partial charge is 0.497 e. The number of nitrogens with two attached hydrogens (primary N) is 1. The first-order valence-corrected chi connectivity index (χ1v) is 9.36. The fourth-order valence-corrected chi connectivity index (χ4v) is 3.28. The van der Waals surface area contributed by atoms with Gasteiger partial charge in [0.1, 0.15) is 5.75 Å². The molecule has 2 aromatic heterocycles. The van der Waals surface area contributed by atoms with Crippen molar-refractivity contribution in [3.05, 3.63) is 84.9 Å². The van der Waals surface area contributed by atoms with Gasteiger partial charge in [-0.25, -0.2) is 0 Å². The zero-order valence-electron chi connectivity index (χ0n) is 15.9. The van der Waals surface area contributed by atoms with Gasteiger partial charge in [-0.2, -0.15) is 0 Å². The minimum Gasteiger partial charge on any atom is -0.497 e. The van der Waals surface area contributed by atoms with Crippen LogP contribution in [-0.4, -0.2) is 29.2 Å². The molecule has 0 fully saturated rings. The molecular weight excluding hydrogens is 348 g/mol. The molecule has 4 aromatic rings. The number of anilines is 1. The molecule has 0 amide bonds. The van der Waals surface area contributed by atoms with E-state index in [0.29, 0.717) is 6.54 Å². The molecule has 0 spiro atoms. The second-order valence-corrected chi connectivity index (χ2v) is 6.91. The first kappa shape index (κ1) is 18.1. The van der Waals surface area contributed by atoms with Crippen LogP contribution >= 0.6 is 0 Å². The van der Waals surface area contributed by atoms with Crippen molar-refractivity contribution in [2.45, 2.75) is 12.5 Å². The van der Waals surface area contributed by atoms with Gasteiger partial charge in [0, 0.05) is 48.4 Å². The van der Waals surface area contributed by atoms with E-state index in [1.54, 1.807) is 7.11 Å². The van der Waals surface area contributed by atoms with Crippen molar-refractivity contribution in [2.75, 3.05) is 19.0 Å². The predicted molar refractivity (Wildman–Crippen MR) is 114 cm³/mol. The van der Waals surface area contributed by atoms with Crippen molar-refractivity contribution in [3.63, 3.8) is 0 Å². The van der Waals surface area contributed by atoms with E-state index in [1.165, 1.54) is 10.9 Å². The second-order valence-electron chi connectivity index (χ2n) is 6.91. The molecule has 0 radical (unpaired) electrons. The van der Waals surface area contributed by atoms with Crippen LogP contribution in [0, 0.1) is 0 Å². The molecule has 0 saturated heterocycles. The van der Waals surface area contributed by atoms with Crippen LogP contribution in [0.25, 0.3) is 16.5 Å². The van der Waals surface area contributed by atoms with E-state index in [-0.39, 0.29) is 6.04 Å². The van der Waals surface area contributed by atoms with Gasteiger partial charge in [-0.3, -0.25) is 4.98 Å². The third-order valence-electron chi connectivity index (χ3n) is 4.84. The van der Waals surface area contributed by atoms with E-state index in [2.05, 4.69) is 63.7 Å². The van der Waals surface area contributed by atoms with Crippen molar-refractivity contribution in [2.24, 2.45) is 5.73 Å². The van der Waals surface area contributed by atoms with Gasteiger partial charge in [-0.15, -0.1) is 0 Å². The summed E-state index contributed by atoms with van der Waals surface area (Å²) in [5.74, 6) is 0.863. The Kier molecular flexibility index (Phi) is 5.26. The Labute approximate surface area is 164 Å². The maximum Gasteiger partial charge on any atom is 0.118 e. The van der Waals surface area contributed by atoms with Gasteiger partial charge >= 0.3 is 0 Å². The molecule has 28 heavy (non-hydrogen) atoms. The van der Waals surface area contributed by atoms with Crippen LogP contribution in [0.3, 0.4) is 0 Å². The number of fused-ring (bicyclic) bond motifs is 1. The van der Waals surface area contributed by atoms with Crippen LogP contribution in [0.4, 0.5) is 5.69 Å². The van der Waals surface area contributed by atoms with Crippen molar-refractivity contribution in [1.29, 1.82) is 0 Å². The predicted octanol–water partition coefficient (Wildman–Crippen LogP) is 4.02. The van der Waals surface area contributed by atoms with Gasteiger partial charge in [0.2, 0.25) is 0 Å². The molecule has 0 bridgehead atoms. The van der Waals surface area contributed by atoms with Gasteiger partial charge in [0.15, 0.2) is 0 Å². The molecule has 0 saturated carbocycles. The topological polar surface area (TPSA) is 65.1 Å².